The molecule has 2 N–H and O–H groups in total. The normalized spacial score (nSPS) is 15.7. The van der Waals surface area contributed by atoms with Crippen LogP contribution in [0.25, 0.3) is 0 Å². The molecule has 0 bridgehead atoms. The van der Waals surface area contributed by atoms with Crippen molar-refractivity contribution < 1.29 is 12.8 Å². The summed E-state index contributed by atoms with van der Waals surface area (Å²) in [6.07, 6.45) is 1.77. The van der Waals surface area contributed by atoms with E-state index in [1.807, 2.05) is 6.92 Å². The Balaban J connectivity index is 3.28. The first kappa shape index (κ1) is 15.0. The van der Waals surface area contributed by atoms with Gasteiger partial charge >= 0.3 is 0 Å². The zero-order chi connectivity index (χ0) is 14.0. The second-order valence-corrected chi connectivity index (χ2v) is 6.20. The standard InChI is InChI=1S/C11H18FN3O2S/c1-4-11(2,8-13)15(3)18(16,17)10-9(12)6-5-7-14-10/h5-7H,4,8,13H2,1-3H3. The van der Waals surface area contributed by atoms with E-state index < -0.39 is 26.4 Å². The van der Waals surface area contributed by atoms with E-state index in [0.29, 0.717) is 6.42 Å². The van der Waals surface area contributed by atoms with Gasteiger partial charge in [-0.1, -0.05) is 6.92 Å². The van der Waals surface area contributed by atoms with Gasteiger partial charge in [0, 0.05) is 25.3 Å². The van der Waals surface area contributed by atoms with E-state index in [-0.39, 0.29) is 6.54 Å². The lowest BCUT2D eigenvalue weighted by Gasteiger charge is -2.35. The first-order valence-electron chi connectivity index (χ1n) is 5.59. The summed E-state index contributed by atoms with van der Waals surface area (Å²) in [6.45, 7) is 3.69. The average molecular weight is 275 g/mol. The highest BCUT2D eigenvalue weighted by Gasteiger charge is 2.37. The number of pyridine rings is 1. The topological polar surface area (TPSA) is 76.3 Å². The molecule has 18 heavy (non-hydrogen) atoms. The van der Waals surface area contributed by atoms with E-state index in [4.69, 9.17) is 5.73 Å². The summed E-state index contributed by atoms with van der Waals surface area (Å²) in [7, 11) is -2.60. The van der Waals surface area contributed by atoms with Crippen LogP contribution in [0.4, 0.5) is 4.39 Å². The van der Waals surface area contributed by atoms with Crippen molar-refractivity contribution in [3.05, 3.63) is 24.1 Å². The van der Waals surface area contributed by atoms with Crippen LogP contribution in [0.3, 0.4) is 0 Å². The second-order valence-electron chi connectivity index (χ2n) is 4.32. The van der Waals surface area contributed by atoms with Gasteiger partial charge in [-0.25, -0.2) is 17.8 Å². The lowest BCUT2D eigenvalue weighted by molar-refractivity contribution is 0.239. The van der Waals surface area contributed by atoms with Crippen LogP contribution in [-0.2, 0) is 10.0 Å². The quantitative estimate of drug-likeness (QED) is 0.868. The molecule has 1 aromatic rings. The van der Waals surface area contributed by atoms with Crippen molar-refractivity contribution in [3.63, 3.8) is 0 Å². The summed E-state index contributed by atoms with van der Waals surface area (Å²) in [5, 5.41) is -0.569. The Morgan fingerprint density at radius 1 is 1.56 bits per heavy atom. The largest absolute Gasteiger partial charge is 0.329 e. The maximum absolute atomic E-state index is 13.5. The number of aromatic nitrogens is 1. The molecule has 0 radical (unpaired) electrons. The maximum Gasteiger partial charge on any atom is 0.263 e. The Kier molecular flexibility index (Phi) is 4.41. The number of hydrogen-bond donors (Lipinski definition) is 1. The Bertz CT molecular complexity index is 515. The van der Waals surface area contributed by atoms with Crippen molar-refractivity contribution in [2.45, 2.75) is 30.8 Å². The summed E-state index contributed by atoms with van der Waals surface area (Å²) in [4.78, 5) is 3.61. The lowest BCUT2D eigenvalue weighted by Crippen LogP contribution is -2.52. The van der Waals surface area contributed by atoms with Crippen molar-refractivity contribution >= 4 is 10.0 Å². The minimum absolute atomic E-state index is 0.147. The molecule has 1 heterocycles. The SMILES string of the molecule is CCC(C)(CN)N(C)S(=O)(=O)c1ncccc1F. The zero-order valence-electron chi connectivity index (χ0n) is 10.7. The molecule has 1 atom stereocenters. The van der Waals surface area contributed by atoms with Gasteiger partial charge in [0.25, 0.3) is 10.0 Å². The molecular weight excluding hydrogens is 257 g/mol. The molecule has 0 aliphatic carbocycles. The van der Waals surface area contributed by atoms with Gasteiger partial charge in [0.15, 0.2) is 5.82 Å². The van der Waals surface area contributed by atoms with E-state index in [9.17, 15) is 12.8 Å². The van der Waals surface area contributed by atoms with Crippen molar-refractivity contribution in [2.24, 2.45) is 5.73 Å². The molecule has 0 amide bonds. The molecule has 0 spiro atoms. The van der Waals surface area contributed by atoms with Gasteiger partial charge in [-0.05, 0) is 25.5 Å². The number of nitrogens with two attached hydrogens (primary N) is 1. The van der Waals surface area contributed by atoms with Gasteiger partial charge in [-0.2, -0.15) is 4.31 Å². The molecule has 0 fully saturated rings. The molecule has 102 valence electrons. The molecule has 0 saturated heterocycles. The molecule has 0 aliphatic rings. The zero-order valence-corrected chi connectivity index (χ0v) is 11.5. The Morgan fingerprint density at radius 2 is 2.17 bits per heavy atom. The van der Waals surface area contributed by atoms with Crippen LogP contribution < -0.4 is 5.73 Å². The number of halogens is 1. The molecule has 1 rings (SSSR count). The van der Waals surface area contributed by atoms with E-state index >= 15 is 0 Å². The highest BCUT2D eigenvalue weighted by molar-refractivity contribution is 7.89. The molecule has 1 unspecified atom stereocenters. The van der Waals surface area contributed by atoms with Crippen LogP contribution in [0, 0.1) is 5.82 Å². The van der Waals surface area contributed by atoms with Gasteiger partial charge in [-0.15, -0.1) is 0 Å². The van der Waals surface area contributed by atoms with Crippen LogP contribution in [0.15, 0.2) is 23.4 Å². The number of likely N-dealkylation sites (N-methyl/N-ethyl adjacent to an activating group) is 1. The van der Waals surface area contributed by atoms with Crippen LogP contribution in [0.1, 0.15) is 20.3 Å². The van der Waals surface area contributed by atoms with E-state index in [1.54, 1.807) is 6.92 Å². The van der Waals surface area contributed by atoms with E-state index in [2.05, 4.69) is 4.98 Å². The third-order valence-electron chi connectivity index (χ3n) is 3.29. The summed E-state index contributed by atoms with van der Waals surface area (Å²) >= 11 is 0. The van der Waals surface area contributed by atoms with E-state index in [0.717, 1.165) is 10.4 Å². The number of nitrogens with zero attached hydrogens (tertiary/aromatic N) is 2. The highest BCUT2D eigenvalue weighted by Crippen LogP contribution is 2.24. The van der Waals surface area contributed by atoms with Crippen LogP contribution >= 0.6 is 0 Å². The fourth-order valence-electron chi connectivity index (χ4n) is 1.48. The van der Waals surface area contributed by atoms with Gasteiger partial charge in [0.1, 0.15) is 0 Å². The maximum atomic E-state index is 13.5. The first-order chi connectivity index (χ1) is 8.29. The van der Waals surface area contributed by atoms with Crippen LogP contribution in [-0.4, -0.2) is 36.8 Å². The minimum atomic E-state index is -3.98. The van der Waals surface area contributed by atoms with Gasteiger partial charge < -0.3 is 5.73 Å². The second kappa shape index (κ2) is 5.29. The Morgan fingerprint density at radius 3 is 2.61 bits per heavy atom. The predicted octanol–water partition coefficient (Wildman–Crippen LogP) is 0.969. The van der Waals surface area contributed by atoms with Crippen molar-refractivity contribution in [2.75, 3.05) is 13.6 Å². The lowest BCUT2D eigenvalue weighted by atomic mass is 10.00. The summed E-state index contributed by atoms with van der Waals surface area (Å²) < 4.78 is 39.2. The van der Waals surface area contributed by atoms with Crippen LogP contribution in [0.5, 0.6) is 0 Å². The van der Waals surface area contributed by atoms with Crippen molar-refractivity contribution in [1.29, 1.82) is 0 Å². The first-order valence-corrected chi connectivity index (χ1v) is 7.03. The molecule has 0 aromatic carbocycles. The number of sulfonamides is 1. The molecule has 1 aromatic heterocycles. The van der Waals surface area contributed by atoms with Crippen molar-refractivity contribution in [1.82, 2.24) is 9.29 Å². The fourth-order valence-corrected chi connectivity index (χ4v) is 3.03. The van der Waals surface area contributed by atoms with Gasteiger partial charge in [0.05, 0.1) is 0 Å². The fraction of sp³-hybridized carbons (Fsp3) is 0.545. The van der Waals surface area contributed by atoms with Gasteiger partial charge in [-0.3, -0.25) is 0 Å². The average Bonchev–Trinajstić information content (AvgIpc) is 2.37. The predicted molar refractivity (Wildman–Crippen MR) is 66.9 cm³/mol. The Labute approximate surface area is 107 Å². The smallest absolute Gasteiger partial charge is 0.263 e. The van der Waals surface area contributed by atoms with Crippen molar-refractivity contribution in [3.8, 4) is 0 Å². The monoisotopic (exact) mass is 275 g/mol. The van der Waals surface area contributed by atoms with Crippen LogP contribution in [0.2, 0.25) is 0 Å². The molecule has 0 saturated carbocycles. The third-order valence-corrected chi connectivity index (χ3v) is 5.24. The summed E-state index contributed by atoms with van der Waals surface area (Å²) in [6, 6.07) is 2.41. The molecular formula is C11H18FN3O2S. The number of hydrogen-bond acceptors (Lipinski definition) is 4. The summed E-state index contributed by atoms with van der Waals surface area (Å²) in [5.74, 6) is -0.861. The van der Waals surface area contributed by atoms with E-state index in [1.165, 1.54) is 19.3 Å². The molecule has 7 heteroatoms. The molecule has 0 aliphatic heterocycles. The third kappa shape index (κ3) is 2.52. The molecule has 5 nitrogen and oxygen atoms in total. The number of rotatable bonds is 5. The van der Waals surface area contributed by atoms with Gasteiger partial charge in [0.2, 0.25) is 5.03 Å². The summed E-state index contributed by atoms with van der Waals surface area (Å²) in [5.41, 5.74) is 4.85. The minimum Gasteiger partial charge on any atom is -0.329 e. The Hall–Kier alpha value is -1.05. The highest BCUT2D eigenvalue weighted by atomic mass is 32.2.